The molecule has 0 atom stereocenters. The first kappa shape index (κ1) is 10.0. The van der Waals surface area contributed by atoms with E-state index < -0.39 is 0 Å². The van der Waals surface area contributed by atoms with Crippen molar-refractivity contribution < 1.29 is 0 Å². The van der Waals surface area contributed by atoms with Crippen LogP contribution in [0, 0.1) is 0 Å². The summed E-state index contributed by atoms with van der Waals surface area (Å²) >= 11 is 0. The molecular formula is C13H18. The Labute approximate surface area is 81.4 Å². The molecule has 0 unspecified atom stereocenters. The average molecular weight is 174 g/mol. The van der Waals surface area contributed by atoms with Gasteiger partial charge in [-0.2, -0.15) is 0 Å². The Morgan fingerprint density at radius 3 is 2.08 bits per heavy atom. The van der Waals surface area contributed by atoms with E-state index in [-0.39, 0.29) is 0 Å². The Balaban J connectivity index is 2.38. The maximum atomic E-state index is 2.28. The molecule has 0 aromatic rings. The smallest absolute Gasteiger partial charge is 0.0166 e. The molecule has 70 valence electrons. The van der Waals surface area contributed by atoms with E-state index in [1.807, 2.05) is 0 Å². The molecule has 1 aliphatic carbocycles. The topological polar surface area (TPSA) is 0 Å². The summed E-state index contributed by atoms with van der Waals surface area (Å²) in [5.41, 5.74) is 0. The lowest BCUT2D eigenvalue weighted by molar-refractivity contribution is 0.866. The Bertz CT molecular complexity index is 216. The quantitative estimate of drug-likeness (QED) is 0.483. The fourth-order valence-electron chi connectivity index (χ4n) is 1.25. The maximum Gasteiger partial charge on any atom is -0.0166 e. The number of hydrogen-bond donors (Lipinski definition) is 0. The van der Waals surface area contributed by atoms with Gasteiger partial charge in [0.05, 0.1) is 0 Å². The molecule has 0 saturated carbocycles. The molecule has 0 amide bonds. The highest BCUT2D eigenvalue weighted by Crippen LogP contribution is 2.01. The van der Waals surface area contributed by atoms with Crippen LogP contribution in [0.4, 0.5) is 0 Å². The first-order valence-corrected chi connectivity index (χ1v) is 5.12. The van der Waals surface area contributed by atoms with Crippen molar-refractivity contribution in [3.63, 3.8) is 0 Å². The van der Waals surface area contributed by atoms with Crippen LogP contribution in [0.5, 0.6) is 0 Å². The van der Waals surface area contributed by atoms with Crippen molar-refractivity contribution in [2.45, 2.75) is 32.1 Å². The second-order valence-corrected chi connectivity index (χ2v) is 3.20. The molecule has 0 aliphatic heterocycles. The highest BCUT2D eigenvalue weighted by molar-refractivity contribution is 5.06. The Kier molecular flexibility index (Phi) is 5.87. The zero-order chi connectivity index (χ0) is 9.19. The van der Waals surface area contributed by atoms with Gasteiger partial charge >= 0.3 is 0 Å². The van der Waals surface area contributed by atoms with E-state index in [2.05, 4.69) is 48.6 Å². The largest absolute Gasteiger partial charge is 0.0882 e. The van der Waals surface area contributed by atoms with Gasteiger partial charge in [0.2, 0.25) is 0 Å². The zero-order valence-corrected chi connectivity index (χ0v) is 8.15. The second kappa shape index (κ2) is 7.60. The summed E-state index contributed by atoms with van der Waals surface area (Å²) in [5, 5.41) is 0. The maximum absolute atomic E-state index is 2.28. The zero-order valence-electron chi connectivity index (χ0n) is 8.15. The van der Waals surface area contributed by atoms with Crippen LogP contribution in [0.25, 0.3) is 0 Å². The summed E-state index contributed by atoms with van der Waals surface area (Å²) in [6, 6.07) is 0. The van der Waals surface area contributed by atoms with Gasteiger partial charge in [0.25, 0.3) is 0 Å². The molecule has 0 spiro atoms. The van der Waals surface area contributed by atoms with Crippen LogP contribution >= 0.6 is 0 Å². The highest BCUT2D eigenvalue weighted by atomic mass is 13.9. The molecule has 0 saturated heterocycles. The molecule has 1 rings (SSSR count). The average Bonchev–Trinajstić information content (AvgIpc) is 2.18. The molecule has 0 radical (unpaired) electrons. The van der Waals surface area contributed by atoms with Gasteiger partial charge in [-0.05, 0) is 32.1 Å². The molecule has 0 nitrogen and oxygen atoms in total. The van der Waals surface area contributed by atoms with E-state index in [4.69, 9.17) is 0 Å². The number of rotatable bonds is 0. The third kappa shape index (κ3) is 6.15. The molecule has 13 heavy (non-hydrogen) atoms. The summed E-state index contributed by atoms with van der Waals surface area (Å²) in [6.45, 7) is 0. The van der Waals surface area contributed by atoms with Crippen molar-refractivity contribution in [3.05, 3.63) is 48.6 Å². The Morgan fingerprint density at radius 2 is 1.15 bits per heavy atom. The van der Waals surface area contributed by atoms with Gasteiger partial charge in [-0.25, -0.2) is 0 Å². The van der Waals surface area contributed by atoms with Crippen LogP contribution in [0.2, 0.25) is 0 Å². The molecule has 0 heterocycles. The Morgan fingerprint density at radius 1 is 0.538 bits per heavy atom. The summed E-state index contributed by atoms with van der Waals surface area (Å²) in [4.78, 5) is 0. The van der Waals surface area contributed by atoms with Crippen molar-refractivity contribution in [1.29, 1.82) is 0 Å². The predicted octanol–water partition coefficient (Wildman–Crippen LogP) is 4.18. The molecule has 1 aliphatic rings. The highest BCUT2D eigenvalue weighted by Gasteiger charge is 1.80. The van der Waals surface area contributed by atoms with Crippen molar-refractivity contribution in [2.24, 2.45) is 0 Å². The Hall–Kier alpha value is -1.04. The first-order chi connectivity index (χ1) is 6.50. The fourth-order valence-corrected chi connectivity index (χ4v) is 1.25. The van der Waals surface area contributed by atoms with Crippen LogP contribution in [0.1, 0.15) is 32.1 Å². The SMILES string of the molecule is C1=CC/C=C\C/C=C\CCCC=C1. The van der Waals surface area contributed by atoms with Crippen molar-refractivity contribution in [2.75, 3.05) is 0 Å². The van der Waals surface area contributed by atoms with Crippen molar-refractivity contribution in [3.8, 4) is 0 Å². The molecule has 0 fully saturated rings. The normalized spacial score (nSPS) is 24.0. The predicted molar refractivity (Wildman–Crippen MR) is 59.6 cm³/mol. The van der Waals surface area contributed by atoms with Gasteiger partial charge in [0, 0.05) is 0 Å². The second-order valence-electron chi connectivity index (χ2n) is 3.20. The van der Waals surface area contributed by atoms with E-state index in [0.29, 0.717) is 0 Å². The van der Waals surface area contributed by atoms with E-state index in [9.17, 15) is 0 Å². The van der Waals surface area contributed by atoms with Gasteiger partial charge in [0.1, 0.15) is 0 Å². The fraction of sp³-hybridized carbons (Fsp3) is 0.385. The lowest BCUT2D eigenvalue weighted by atomic mass is 10.2. The molecule has 0 aromatic heterocycles. The standard InChI is InChI=1S/C13H18/c1-2-4-6-8-10-12-13-11-9-7-5-3-1/h1-4,7,9,12-13H,5-6,8,10-11H2/b3-1?,4-2?,9-7-,13-12-. The van der Waals surface area contributed by atoms with Gasteiger partial charge < -0.3 is 0 Å². The minimum Gasteiger partial charge on any atom is -0.0882 e. The van der Waals surface area contributed by atoms with Crippen LogP contribution in [-0.2, 0) is 0 Å². The molecule has 0 heteroatoms. The lowest BCUT2D eigenvalue weighted by Gasteiger charge is -1.88. The van der Waals surface area contributed by atoms with E-state index in [0.717, 1.165) is 12.8 Å². The van der Waals surface area contributed by atoms with Gasteiger partial charge in [-0.3, -0.25) is 0 Å². The summed E-state index contributed by atoms with van der Waals surface area (Å²) in [6.07, 6.45) is 23.5. The van der Waals surface area contributed by atoms with E-state index in [1.165, 1.54) is 19.3 Å². The van der Waals surface area contributed by atoms with Gasteiger partial charge in [-0.15, -0.1) is 0 Å². The number of hydrogen-bond acceptors (Lipinski definition) is 0. The minimum atomic E-state index is 1.05. The molecule has 0 N–H and O–H groups in total. The van der Waals surface area contributed by atoms with E-state index in [1.54, 1.807) is 0 Å². The molecule has 0 aromatic carbocycles. The third-order valence-corrected chi connectivity index (χ3v) is 2.00. The third-order valence-electron chi connectivity index (χ3n) is 2.00. The summed E-state index contributed by atoms with van der Waals surface area (Å²) in [7, 11) is 0. The van der Waals surface area contributed by atoms with Crippen molar-refractivity contribution >= 4 is 0 Å². The van der Waals surface area contributed by atoms with Crippen molar-refractivity contribution in [1.82, 2.24) is 0 Å². The summed E-state index contributed by atoms with van der Waals surface area (Å²) < 4.78 is 0. The van der Waals surface area contributed by atoms with Gasteiger partial charge in [-0.1, -0.05) is 48.6 Å². The van der Waals surface area contributed by atoms with Crippen LogP contribution in [0.3, 0.4) is 0 Å². The van der Waals surface area contributed by atoms with Crippen LogP contribution in [-0.4, -0.2) is 0 Å². The monoisotopic (exact) mass is 174 g/mol. The number of allylic oxidation sites excluding steroid dienone is 8. The summed E-state index contributed by atoms with van der Waals surface area (Å²) in [5.74, 6) is 0. The molecule has 0 bridgehead atoms. The van der Waals surface area contributed by atoms with E-state index >= 15 is 0 Å². The minimum absolute atomic E-state index is 1.05. The van der Waals surface area contributed by atoms with Crippen LogP contribution < -0.4 is 0 Å². The molecular weight excluding hydrogens is 156 g/mol. The first-order valence-electron chi connectivity index (χ1n) is 5.12. The van der Waals surface area contributed by atoms with Gasteiger partial charge in [0.15, 0.2) is 0 Å². The van der Waals surface area contributed by atoms with Crippen LogP contribution in [0.15, 0.2) is 48.6 Å². The lowest BCUT2D eigenvalue weighted by Crippen LogP contribution is -1.68.